The second-order valence-electron chi connectivity index (χ2n) is 8.41. The second kappa shape index (κ2) is 10.7. The van der Waals surface area contributed by atoms with Crippen LogP contribution in [0.4, 0.5) is 5.69 Å². The Morgan fingerprint density at radius 1 is 0.903 bits per heavy atom. The summed E-state index contributed by atoms with van der Waals surface area (Å²) in [6.07, 6.45) is 2.56. The number of hydrogen-bond donors (Lipinski definition) is 1. The Morgan fingerprint density at radius 2 is 1.55 bits per heavy atom. The highest BCUT2D eigenvalue weighted by Gasteiger charge is 2.15. The third kappa shape index (κ3) is 6.46. The predicted molar refractivity (Wildman–Crippen MR) is 131 cm³/mol. The van der Waals surface area contributed by atoms with Crippen LogP contribution in [0.25, 0.3) is 0 Å². The van der Waals surface area contributed by atoms with Gasteiger partial charge in [0.25, 0.3) is 5.91 Å². The summed E-state index contributed by atoms with van der Waals surface area (Å²) in [5.74, 6) is 1.69. The number of anilines is 1. The maximum atomic E-state index is 12.6. The molecule has 160 valence electrons. The number of thioether (sulfide) groups is 1. The zero-order valence-corrected chi connectivity index (χ0v) is 18.9. The molecule has 1 N–H and O–H groups in total. The number of carbonyl (C=O) groups is 1. The summed E-state index contributed by atoms with van der Waals surface area (Å²) >= 11 is 1.81. The molecular weight excluding hydrogens is 400 g/mol. The molecule has 0 aromatic heterocycles. The van der Waals surface area contributed by atoms with Crippen LogP contribution >= 0.6 is 11.8 Å². The number of likely N-dealkylation sites (tertiary alicyclic amines) is 1. The van der Waals surface area contributed by atoms with Gasteiger partial charge in [-0.2, -0.15) is 0 Å². The topological polar surface area (TPSA) is 32.3 Å². The predicted octanol–water partition coefficient (Wildman–Crippen LogP) is 6.46. The van der Waals surface area contributed by atoms with Crippen molar-refractivity contribution < 1.29 is 4.79 Å². The number of nitrogens with zero attached hydrogens (tertiary/aromatic N) is 1. The third-order valence-electron chi connectivity index (χ3n) is 5.86. The molecule has 1 amide bonds. The van der Waals surface area contributed by atoms with Crippen molar-refractivity contribution >= 4 is 23.4 Å². The van der Waals surface area contributed by atoms with E-state index in [1.165, 1.54) is 42.0 Å². The Labute approximate surface area is 189 Å². The molecule has 0 bridgehead atoms. The van der Waals surface area contributed by atoms with Gasteiger partial charge in [0.05, 0.1) is 0 Å². The van der Waals surface area contributed by atoms with Crippen molar-refractivity contribution in [1.82, 2.24) is 4.90 Å². The van der Waals surface area contributed by atoms with Gasteiger partial charge in [0.1, 0.15) is 0 Å². The first kappa shape index (κ1) is 21.7. The highest BCUT2D eigenvalue weighted by atomic mass is 32.2. The molecule has 3 aromatic carbocycles. The minimum absolute atomic E-state index is 0.0650. The molecule has 0 aliphatic carbocycles. The lowest BCUT2D eigenvalue weighted by atomic mass is 9.99. The van der Waals surface area contributed by atoms with E-state index >= 15 is 0 Å². The zero-order chi connectivity index (χ0) is 21.5. The molecule has 1 heterocycles. The minimum atomic E-state index is -0.0650. The van der Waals surface area contributed by atoms with Crippen LogP contribution in [0.5, 0.6) is 0 Å². The molecule has 0 radical (unpaired) electrons. The molecule has 31 heavy (non-hydrogen) atoms. The molecule has 0 saturated carbocycles. The van der Waals surface area contributed by atoms with Crippen LogP contribution in [0.1, 0.15) is 41.3 Å². The van der Waals surface area contributed by atoms with Gasteiger partial charge in [-0.15, -0.1) is 11.8 Å². The van der Waals surface area contributed by atoms with Gasteiger partial charge in [-0.1, -0.05) is 49.4 Å². The van der Waals surface area contributed by atoms with Gasteiger partial charge in [0, 0.05) is 28.4 Å². The monoisotopic (exact) mass is 430 g/mol. The highest BCUT2D eigenvalue weighted by molar-refractivity contribution is 7.98. The number of amides is 1. The van der Waals surface area contributed by atoms with E-state index in [-0.39, 0.29) is 5.91 Å². The van der Waals surface area contributed by atoms with Crippen LogP contribution in [0.3, 0.4) is 0 Å². The van der Waals surface area contributed by atoms with Gasteiger partial charge >= 0.3 is 0 Å². The van der Waals surface area contributed by atoms with Gasteiger partial charge in [-0.05, 0) is 79.4 Å². The Hall–Kier alpha value is -2.56. The molecule has 3 nitrogen and oxygen atoms in total. The smallest absolute Gasteiger partial charge is 0.255 e. The molecular formula is C27H30N2OS. The summed E-state index contributed by atoms with van der Waals surface area (Å²) in [5.41, 5.74) is 4.03. The van der Waals surface area contributed by atoms with E-state index in [0.29, 0.717) is 5.56 Å². The van der Waals surface area contributed by atoms with Crippen LogP contribution < -0.4 is 5.32 Å². The maximum absolute atomic E-state index is 12.6. The molecule has 0 atom stereocenters. The fourth-order valence-corrected chi connectivity index (χ4v) is 4.69. The zero-order valence-electron chi connectivity index (χ0n) is 18.1. The van der Waals surface area contributed by atoms with E-state index in [9.17, 15) is 4.79 Å². The number of carbonyl (C=O) groups excluding carboxylic acids is 1. The maximum Gasteiger partial charge on any atom is 0.255 e. The van der Waals surface area contributed by atoms with E-state index in [0.717, 1.165) is 23.9 Å². The summed E-state index contributed by atoms with van der Waals surface area (Å²) in [7, 11) is 0. The number of benzene rings is 3. The molecule has 4 heteroatoms. The first-order valence-corrected chi connectivity index (χ1v) is 12.0. The van der Waals surface area contributed by atoms with Gasteiger partial charge < -0.3 is 5.32 Å². The Bertz CT molecular complexity index is 962. The van der Waals surface area contributed by atoms with Gasteiger partial charge in [0.2, 0.25) is 0 Å². The quantitative estimate of drug-likeness (QED) is 0.436. The molecule has 0 unspecified atom stereocenters. The van der Waals surface area contributed by atoms with E-state index in [2.05, 4.69) is 65.7 Å². The second-order valence-corrected chi connectivity index (χ2v) is 9.46. The average Bonchev–Trinajstić information content (AvgIpc) is 2.81. The molecule has 1 aliphatic rings. The van der Waals surface area contributed by atoms with Crippen LogP contribution in [0.15, 0.2) is 83.8 Å². The number of nitrogens with one attached hydrogen (secondary N) is 1. The van der Waals surface area contributed by atoms with Crippen molar-refractivity contribution in [2.24, 2.45) is 5.92 Å². The lowest BCUT2D eigenvalue weighted by Crippen LogP contribution is -2.32. The summed E-state index contributed by atoms with van der Waals surface area (Å²) in [6.45, 7) is 5.64. The minimum Gasteiger partial charge on any atom is -0.322 e. The van der Waals surface area contributed by atoms with E-state index in [1.807, 2.05) is 42.1 Å². The van der Waals surface area contributed by atoms with Crippen LogP contribution in [-0.4, -0.2) is 23.9 Å². The summed E-state index contributed by atoms with van der Waals surface area (Å²) < 4.78 is 0. The molecule has 1 aliphatic heterocycles. The highest BCUT2D eigenvalue weighted by Crippen LogP contribution is 2.23. The Balaban J connectivity index is 1.27. The van der Waals surface area contributed by atoms with Crippen molar-refractivity contribution in [1.29, 1.82) is 0 Å². The van der Waals surface area contributed by atoms with Gasteiger partial charge in [0.15, 0.2) is 0 Å². The van der Waals surface area contributed by atoms with Gasteiger partial charge in [-0.25, -0.2) is 0 Å². The third-order valence-corrected chi connectivity index (χ3v) is 6.94. The lowest BCUT2D eigenvalue weighted by molar-refractivity contribution is 0.102. The van der Waals surface area contributed by atoms with Crippen LogP contribution in [0, 0.1) is 5.92 Å². The summed E-state index contributed by atoms with van der Waals surface area (Å²) in [5, 5.41) is 3.01. The van der Waals surface area contributed by atoms with E-state index in [1.54, 1.807) is 0 Å². The SMILES string of the molecule is CC1CCN(Cc2ccc(C(=O)Nc3ccc(CSc4ccccc4)cc3)cc2)CC1. The standard InChI is InChI=1S/C27H30N2OS/c1-21-15-17-29(18-16-21)19-22-7-11-24(12-8-22)27(30)28-25-13-9-23(10-14-25)20-31-26-5-3-2-4-6-26/h2-14,21H,15-20H2,1H3,(H,28,30). The molecule has 1 saturated heterocycles. The first-order valence-electron chi connectivity index (χ1n) is 11.0. The summed E-state index contributed by atoms with van der Waals surface area (Å²) in [6, 6.07) is 26.5. The van der Waals surface area contributed by atoms with E-state index < -0.39 is 0 Å². The van der Waals surface area contributed by atoms with Crippen molar-refractivity contribution in [2.45, 2.75) is 37.0 Å². The normalized spacial score (nSPS) is 15.0. The van der Waals surface area contributed by atoms with Crippen LogP contribution in [0.2, 0.25) is 0 Å². The van der Waals surface area contributed by atoms with Crippen molar-refractivity contribution in [3.05, 3.63) is 95.6 Å². The Morgan fingerprint density at radius 3 is 2.23 bits per heavy atom. The van der Waals surface area contributed by atoms with E-state index in [4.69, 9.17) is 0 Å². The lowest BCUT2D eigenvalue weighted by Gasteiger charge is -2.30. The Kier molecular flexibility index (Phi) is 7.44. The molecule has 3 aromatic rings. The fourth-order valence-electron chi connectivity index (χ4n) is 3.81. The van der Waals surface area contributed by atoms with Gasteiger partial charge in [-0.3, -0.25) is 9.69 Å². The van der Waals surface area contributed by atoms with Crippen LogP contribution in [-0.2, 0) is 12.3 Å². The summed E-state index contributed by atoms with van der Waals surface area (Å²) in [4.78, 5) is 16.4. The average molecular weight is 431 g/mol. The fraction of sp³-hybridized carbons (Fsp3) is 0.296. The number of rotatable bonds is 7. The number of piperidine rings is 1. The molecule has 1 fully saturated rings. The first-order chi connectivity index (χ1) is 15.2. The van der Waals surface area contributed by atoms with Crippen molar-refractivity contribution in [3.63, 3.8) is 0 Å². The van der Waals surface area contributed by atoms with Crippen molar-refractivity contribution in [2.75, 3.05) is 18.4 Å². The molecule has 0 spiro atoms. The largest absolute Gasteiger partial charge is 0.322 e. The number of hydrogen-bond acceptors (Lipinski definition) is 3. The van der Waals surface area contributed by atoms with Crippen molar-refractivity contribution in [3.8, 4) is 0 Å². The molecule has 4 rings (SSSR count).